The number of esters is 2. The minimum Gasteiger partial charge on any atom is -0.467 e. The van der Waals surface area contributed by atoms with Crippen LogP contribution in [-0.4, -0.2) is 54.3 Å². The number of amides is 2. The summed E-state index contributed by atoms with van der Waals surface area (Å²) in [5.41, 5.74) is -0.603. The molecule has 0 heterocycles. The Labute approximate surface area is 236 Å². The number of ether oxygens (including phenoxy) is 3. The van der Waals surface area contributed by atoms with Crippen LogP contribution in [0, 0.1) is 0 Å². The van der Waals surface area contributed by atoms with Crippen LogP contribution in [0.4, 0.5) is 4.79 Å². The molecule has 9 heteroatoms. The van der Waals surface area contributed by atoms with Crippen LogP contribution in [0.2, 0.25) is 0 Å². The molecule has 0 radical (unpaired) electrons. The number of hydrogen-bond acceptors (Lipinski definition) is 7. The molecule has 0 unspecified atom stereocenters. The van der Waals surface area contributed by atoms with Gasteiger partial charge in [0.2, 0.25) is 0 Å². The lowest BCUT2D eigenvalue weighted by molar-refractivity contribution is -0.175. The molecule has 2 N–H and O–H groups in total. The number of methoxy groups -OCH3 is 1. The zero-order valence-electron chi connectivity index (χ0n) is 23.7. The highest BCUT2D eigenvalue weighted by Crippen LogP contribution is 2.33. The third-order valence-corrected chi connectivity index (χ3v) is 6.70. The lowest BCUT2D eigenvalue weighted by Crippen LogP contribution is -2.57. The zero-order valence-corrected chi connectivity index (χ0v) is 23.7. The van der Waals surface area contributed by atoms with Gasteiger partial charge in [0.15, 0.2) is 5.60 Å². The third-order valence-electron chi connectivity index (χ3n) is 6.70. The normalized spacial score (nSPS) is 16.1. The van der Waals surface area contributed by atoms with E-state index in [9.17, 15) is 19.2 Å². The van der Waals surface area contributed by atoms with Gasteiger partial charge in [0.05, 0.1) is 7.11 Å². The van der Waals surface area contributed by atoms with Gasteiger partial charge in [-0.25, -0.2) is 14.4 Å². The van der Waals surface area contributed by atoms with Gasteiger partial charge < -0.3 is 24.8 Å². The van der Waals surface area contributed by atoms with E-state index in [1.807, 2.05) is 60.7 Å². The van der Waals surface area contributed by atoms with Crippen LogP contribution in [0.15, 0.2) is 60.7 Å². The summed E-state index contributed by atoms with van der Waals surface area (Å²) in [6.07, 6.45) is 2.44. The first-order chi connectivity index (χ1) is 19.0. The molecule has 0 saturated heterocycles. The minimum absolute atomic E-state index is 0.148. The molecule has 9 nitrogen and oxygen atoms in total. The van der Waals surface area contributed by atoms with E-state index in [0.717, 1.165) is 17.5 Å². The summed E-state index contributed by atoms with van der Waals surface area (Å²) < 4.78 is 16.3. The number of carbonyl (C=O) groups is 4. The van der Waals surface area contributed by atoms with Crippen molar-refractivity contribution in [3.05, 3.63) is 71.8 Å². The van der Waals surface area contributed by atoms with Crippen LogP contribution < -0.4 is 10.6 Å². The summed E-state index contributed by atoms with van der Waals surface area (Å²) in [5, 5.41) is 5.42. The Balaban J connectivity index is 1.83. The number of alkyl carbamates (subject to hydrolysis) is 1. The van der Waals surface area contributed by atoms with Crippen LogP contribution >= 0.6 is 0 Å². The predicted molar refractivity (Wildman–Crippen MR) is 149 cm³/mol. The molecule has 3 rings (SSSR count). The molecule has 0 bridgehead atoms. The molecule has 1 fully saturated rings. The quantitative estimate of drug-likeness (QED) is 0.334. The Morgan fingerprint density at radius 1 is 0.775 bits per heavy atom. The highest BCUT2D eigenvalue weighted by molar-refractivity contribution is 5.92. The molecule has 2 aromatic carbocycles. The molecular weight excluding hydrogens is 512 g/mol. The van der Waals surface area contributed by atoms with Crippen molar-refractivity contribution in [2.24, 2.45) is 0 Å². The van der Waals surface area contributed by atoms with E-state index < -0.39 is 47.2 Å². The fourth-order valence-corrected chi connectivity index (χ4v) is 4.73. The van der Waals surface area contributed by atoms with Crippen LogP contribution in [0.25, 0.3) is 0 Å². The maximum absolute atomic E-state index is 13.8. The summed E-state index contributed by atoms with van der Waals surface area (Å²) >= 11 is 0. The highest BCUT2D eigenvalue weighted by atomic mass is 16.6. The summed E-state index contributed by atoms with van der Waals surface area (Å²) in [4.78, 5) is 52.6. The lowest BCUT2D eigenvalue weighted by atomic mass is 9.83. The molecule has 2 amide bonds. The Hall–Kier alpha value is -3.88. The van der Waals surface area contributed by atoms with Crippen molar-refractivity contribution in [2.75, 3.05) is 7.11 Å². The smallest absolute Gasteiger partial charge is 0.408 e. The molecule has 1 saturated carbocycles. The van der Waals surface area contributed by atoms with Gasteiger partial charge >= 0.3 is 18.0 Å². The number of rotatable bonds is 10. The van der Waals surface area contributed by atoms with Crippen LogP contribution in [0.5, 0.6) is 0 Å². The minimum atomic E-state index is -1.48. The molecule has 0 aliphatic heterocycles. The van der Waals surface area contributed by atoms with Gasteiger partial charge in [0.25, 0.3) is 5.91 Å². The third kappa shape index (κ3) is 9.10. The van der Waals surface area contributed by atoms with Crippen LogP contribution in [0.3, 0.4) is 0 Å². The summed E-state index contributed by atoms with van der Waals surface area (Å²) in [5.74, 6) is -1.89. The first-order valence-corrected chi connectivity index (χ1v) is 13.7. The van der Waals surface area contributed by atoms with Crippen LogP contribution in [-0.2, 0) is 41.4 Å². The fraction of sp³-hybridized carbons (Fsp3) is 0.484. The largest absolute Gasteiger partial charge is 0.467 e. The SMILES string of the molecule is COC(=O)[C@@H](Cc1ccccc1)NC(=O)C1(OC(=O)[C@H](Cc2ccccc2)NC(=O)OC(C)(C)C)CCCCC1. The monoisotopic (exact) mass is 552 g/mol. The van der Waals surface area contributed by atoms with E-state index in [2.05, 4.69) is 10.6 Å². The van der Waals surface area contributed by atoms with Gasteiger partial charge in [0.1, 0.15) is 17.7 Å². The second-order valence-corrected chi connectivity index (χ2v) is 11.1. The topological polar surface area (TPSA) is 120 Å². The fourth-order valence-electron chi connectivity index (χ4n) is 4.73. The molecule has 2 atom stereocenters. The Morgan fingerprint density at radius 3 is 1.75 bits per heavy atom. The van der Waals surface area contributed by atoms with Crippen molar-refractivity contribution in [1.29, 1.82) is 0 Å². The first kappa shape index (κ1) is 30.7. The van der Waals surface area contributed by atoms with E-state index in [1.165, 1.54) is 7.11 Å². The van der Waals surface area contributed by atoms with Gasteiger partial charge in [-0.2, -0.15) is 0 Å². The number of benzene rings is 2. The maximum Gasteiger partial charge on any atom is 0.408 e. The van der Waals surface area contributed by atoms with Gasteiger partial charge in [0, 0.05) is 12.8 Å². The summed E-state index contributed by atoms with van der Waals surface area (Å²) in [7, 11) is 1.26. The molecule has 0 aromatic heterocycles. The average molecular weight is 553 g/mol. The molecule has 2 aromatic rings. The number of carbonyl (C=O) groups excluding carboxylic acids is 4. The number of hydrogen-bond donors (Lipinski definition) is 2. The van der Waals surface area contributed by atoms with Crippen molar-refractivity contribution in [1.82, 2.24) is 10.6 Å². The van der Waals surface area contributed by atoms with Gasteiger partial charge in [-0.3, -0.25) is 4.79 Å². The van der Waals surface area contributed by atoms with Gasteiger partial charge in [-0.1, -0.05) is 67.1 Å². The molecular formula is C31H40N2O7. The standard InChI is InChI=1S/C31H40N2O7/c1-30(2,3)40-29(37)33-25(21-23-16-10-6-11-17-23)27(35)39-31(18-12-7-13-19-31)28(36)32-24(26(34)38-4)20-22-14-8-5-9-15-22/h5-6,8-11,14-17,24-25H,7,12-13,18-21H2,1-4H3,(H,32,36)(H,33,37)/t24-,25+/m1/s1. The average Bonchev–Trinajstić information content (AvgIpc) is 2.92. The van der Waals surface area contributed by atoms with E-state index in [0.29, 0.717) is 25.7 Å². The number of nitrogens with one attached hydrogen (secondary N) is 2. The molecule has 40 heavy (non-hydrogen) atoms. The van der Waals surface area contributed by atoms with Gasteiger partial charge in [-0.05, 0) is 57.6 Å². The van der Waals surface area contributed by atoms with E-state index >= 15 is 0 Å². The zero-order chi connectivity index (χ0) is 29.2. The second-order valence-electron chi connectivity index (χ2n) is 11.1. The van der Waals surface area contributed by atoms with Gasteiger partial charge in [-0.15, -0.1) is 0 Å². The van der Waals surface area contributed by atoms with Crippen LogP contribution in [0.1, 0.15) is 64.0 Å². The lowest BCUT2D eigenvalue weighted by Gasteiger charge is -2.37. The van der Waals surface area contributed by atoms with Crippen molar-refractivity contribution in [2.45, 2.75) is 89.0 Å². The van der Waals surface area contributed by atoms with Crippen molar-refractivity contribution < 1.29 is 33.4 Å². The highest BCUT2D eigenvalue weighted by Gasteiger charge is 2.46. The van der Waals surface area contributed by atoms with E-state index in [-0.39, 0.29) is 12.8 Å². The van der Waals surface area contributed by atoms with Crippen molar-refractivity contribution in [3.63, 3.8) is 0 Å². The maximum atomic E-state index is 13.8. The molecule has 216 valence electrons. The molecule has 0 spiro atoms. The summed E-state index contributed by atoms with van der Waals surface area (Å²) in [6.45, 7) is 5.18. The predicted octanol–water partition coefficient (Wildman–Crippen LogP) is 4.27. The molecule has 1 aliphatic carbocycles. The second kappa shape index (κ2) is 14.0. The Kier molecular flexibility index (Phi) is 10.7. The molecule has 1 aliphatic rings. The van der Waals surface area contributed by atoms with E-state index in [4.69, 9.17) is 14.2 Å². The van der Waals surface area contributed by atoms with Crippen molar-refractivity contribution in [3.8, 4) is 0 Å². The Bertz CT molecular complexity index is 1140. The van der Waals surface area contributed by atoms with E-state index in [1.54, 1.807) is 20.8 Å². The Morgan fingerprint density at radius 2 is 1.27 bits per heavy atom. The summed E-state index contributed by atoms with van der Waals surface area (Å²) in [6, 6.07) is 16.4. The van der Waals surface area contributed by atoms with Crippen molar-refractivity contribution >= 4 is 23.9 Å². The first-order valence-electron chi connectivity index (χ1n) is 13.7.